The first kappa shape index (κ1) is 13.2. The summed E-state index contributed by atoms with van der Waals surface area (Å²) in [6, 6.07) is 0. The van der Waals surface area contributed by atoms with Crippen molar-refractivity contribution < 1.29 is 4.74 Å². The molecule has 0 aliphatic heterocycles. The molecule has 1 rings (SSSR count). The Morgan fingerprint density at radius 2 is 2.12 bits per heavy atom. The van der Waals surface area contributed by atoms with E-state index >= 15 is 0 Å². The molecule has 0 saturated heterocycles. The second-order valence-corrected chi connectivity index (χ2v) is 4.68. The zero-order valence-electron chi connectivity index (χ0n) is 10.9. The molecule has 16 heavy (non-hydrogen) atoms. The van der Waals surface area contributed by atoms with Crippen molar-refractivity contribution in [3.05, 3.63) is 23.4 Å². The Hall–Kier alpha value is -0.890. The zero-order chi connectivity index (χ0) is 12.0. The highest BCUT2D eigenvalue weighted by atomic mass is 16.5. The van der Waals surface area contributed by atoms with Gasteiger partial charge in [0.15, 0.2) is 0 Å². The number of nitrogens with zero attached hydrogens (tertiary/aromatic N) is 1. The normalized spacial score (nSPS) is 20.5. The highest BCUT2D eigenvalue weighted by Gasteiger charge is 2.40. The van der Waals surface area contributed by atoms with Crippen molar-refractivity contribution in [1.29, 1.82) is 0 Å². The number of hydrogen-bond acceptors (Lipinski definition) is 2. The maximum atomic E-state index is 5.21. The van der Waals surface area contributed by atoms with Crippen LogP contribution in [-0.4, -0.2) is 19.9 Å². The van der Waals surface area contributed by atoms with Crippen molar-refractivity contribution in [3.8, 4) is 0 Å². The highest BCUT2D eigenvalue weighted by Crippen LogP contribution is 2.52. The minimum Gasteiger partial charge on any atom is -0.378 e. The maximum absolute atomic E-state index is 5.21. The van der Waals surface area contributed by atoms with Crippen LogP contribution < -0.4 is 0 Å². The second kappa shape index (κ2) is 6.00. The van der Waals surface area contributed by atoms with Gasteiger partial charge in [-0.1, -0.05) is 19.9 Å². The van der Waals surface area contributed by atoms with E-state index in [1.54, 1.807) is 7.11 Å². The van der Waals surface area contributed by atoms with Gasteiger partial charge in [0, 0.05) is 13.3 Å². The van der Waals surface area contributed by atoms with Gasteiger partial charge in [0.2, 0.25) is 0 Å². The van der Waals surface area contributed by atoms with Gasteiger partial charge in [0.05, 0.1) is 12.3 Å². The van der Waals surface area contributed by atoms with E-state index in [4.69, 9.17) is 4.74 Å². The van der Waals surface area contributed by atoms with E-state index in [1.807, 2.05) is 12.3 Å². The van der Waals surface area contributed by atoms with Gasteiger partial charge >= 0.3 is 0 Å². The predicted molar refractivity (Wildman–Crippen MR) is 69.8 cm³/mol. The average Bonchev–Trinajstić information content (AvgIpc) is 3.01. The van der Waals surface area contributed by atoms with E-state index in [0.717, 1.165) is 12.1 Å². The topological polar surface area (TPSA) is 21.6 Å². The first-order chi connectivity index (χ1) is 7.64. The minimum absolute atomic E-state index is 0.389. The highest BCUT2D eigenvalue weighted by molar-refractivity contribution is 5.72. The third-order valence-corrected chi connectivity index (χ3v) is 3.31. The number of methoxy groups -OCH3 is 1. The molecule has 0 heterocycles. The van der Waals surface area contributed by atoms with Gasteiger partial charge < -0.3 is 4.74 Å². The lowest BCUT2D eigenvalue weighted by Gasteiger charge is -2.12. The first-order valence-electron chi connectivity index (χ1n) is 6.02. The largest absolute Gasteiger partial charge is 0.378 e. The minimum atomic E-state index is 0.389. The molecule has 1 aliphatic rings. The first-order valence-corrected chi connectivity index (χ1v) is 6.02. The van der Waals surface area contributed by atoms with Crippen LogP contribution in [0.4, 0.5) is 0 Å². The smallest absolute Gasteiger partial charge is 0.0883 e. The van der Waals surface area contributed by atoms with E-state index < -0.39 is 0 Å². The van der Waals surface area contributed by atoms with Gasteiger partial charge in [0.1, 0.15) is 0 Å². The fourth-order valence-corrected chi connectivity index (χ4v) is 1.62. The summed E-state index contributed by atoms with van der Waals surface area (Å²) in [6.07, 6.45) is 9.58. The van der Waals surface area contributed by atoms with E-state index in [0.29, 0.717) is 12.0 Å². The Morgan fingerprint density at radius 1 is 1.44 bits per heavy atom. The fourth-order valence-electron chi connectivity index (χ4n) is 1.62. The molecule has 0 atom stereocenters. The number of allylic oxidation sites excluding steroid dienone is 3. The summed E-state index contributed by atoms with van der Waals surface area (Å²) >= 11 is 0. The molecular weight excluding hydrogens is 198 g/mol. The molecule has 0 bridgehead atoms. The zero-order valence-corrected chi connectivity index (χ0v) is 10.9. The number of aliphatic imine (C=N–C) groups is 1. The molecule has 1 saturated carbocycles. The third kappa shape index (κ3) is 3.60. The van der Waals surface area contributed by atoms with Gasteiger partial charge in [-0.15, -0.1) is 0 Å². The molecule has 0 amide bonds. The second-order valence-electron chi connectivity index (χ2n) is 4.68. The summed E-state index contributed by atoms with van der Waals surface area (Å²) in [5.41, 5.74) is 2.86. The van der Waals surface area contributed by atoms with Gasteiger partial charge in [0.25, 0.3) is 0 Å². The van der Waals surface area contributed by atoms with Crippen LogP contribution in [0, 0.1) is 5.41 Å². The lowest BCUT2D eigenvalue weighted by molar-refractivity contribution is 0.223. The van der Waals surface area contributed by atoms with E-state index in [2.05, 4.69) is 31.8 Å². The molecule has 0 aromatic rings. The average molecular weight is 221 g/mol. The molecule has 2 heteroatoms. The molecule has 1 aliphatic carbocycles. The van der Waals surface area contributed by atoms with Crippen molar-refractivity contribution >= 4 is 6.21 Å². The molecule has 0 unspecified atom stereocenters. The molecule has 0 aromatic heterocycles. The Kier molecular flexibility index (Phi) is 4.94. The lowest BCUT2D eigenvalue weighted by atomic mass is 9.98. The SMILES string of the molecule is CC/C=C/C=N/C(COC)=C(\C)C1(C)CC1. The van der Waals surface area contributed by atoms with Crippen LogP contribution in [0.3, 0.4) is 0 Å². The van der Waals surface area contributed by atoms with Gasteiger partial charge in [-0.25, -0.2) is 0 Å². The standard InChI is InChI=1S/C14H23NO/c1-5-6-7-10-15-13(11-16-4)12(2)14(3)8-9-14/h6-7,10H,5,8-9,11H2,1-4H3/b7-6+,13-12+,15-10+. The molecule has 1 fully saturated rings. The summed E-state index contributed by atoms with van der Waals surface area (Å²) in [5.74, 6) is 0. The molecule has 90 valence electrons. The van der Waals surface area contributed by atoms with E-state index in [1.165, 1.54) is 18.4 Å². The maximum Gasteiger partial charge on any atom is 0.0883 e. The summed E-state index contributed by atoms with van der Waals surface area (Å²) < 4.78 is 5.21. The Labute approximate surface area is 99.1 Å². The van der Waals surface area contributed by atoms with Crippen LogP contribution >= 0.6 is 0 Å². The van der Waals surface area contributed by atoms with Gasteiger partial charge in [-0.3, -0.25) is 4.99 Å². The fraction of sp³-hybridized carbons (Fsp3) is 0.643. The van der Waals surface area contributed by atoms with E-state index in [9.17, 15) is 0 Å². The summed E-state index contributed by atoms with van der Waals surface area (Å²) in [6.45, 7) is 7.21. The van der Waals surface area contributed by atoms with Crippen molar-refractivity contribution in [1.82, 2.24) is 0 Å². The summed E-state index contributed by atoms with van der Waals surface area (Å²) in [7, 11) is 1.72. The summed E-state index contributed by atoms with van der Waals surface area (Å²) in [4.78, 5) is 4.50. The van der Waals surface area contributed by atoms with Crippen molar-refractivity contribution in [2.45, 2.75) is 40.0 Å². The van der Waals surface area contributed by atoms with E-state index in [-0.39, 0.29) is 0 Å². The molecule has 0 N–H and O–H groups in total. The van der Waals surface area contributed by atoms with Gasteiger partial charge in [-0.05, 0) is 43.3 Å². The van der Waals surface area contributed by atoms with Crippen molar-refractivity contribution in [2.24, 2.45) is 10.4 Å². The quantitative estimate of drug-likeness (QED) is 0.626. The van der Waals surface area contributed by atoms with Crippen LogP contribution in [0.15, 0.2) is 28.4 Å². The molecule has 0 spiro atoms. The Balaban J connectivity index is 2.74. The number of rotatable bonds is 6. The van der Waals surface area contributed by atoms with Crippen LogP contribution in [0.1, 0.15) is 40.0 Å². The third-order valence-electron chi connectivity index (χ3n) is 3.31. The summed E-state index contributed by atoms with van der Waals surface area (Å²) in [5, 5.41) is 0. The number of ether oxygens (including phenoxy) is 1. The Morgan fingerprint density at radius 3 is 2.62 bits per heavy atom. The van der Waals surface area contributed by atoms with Crippen LogP contribution in [0.25, 0.3) is 0 Å². The van der Waals surface area contributed by atoms with Crippen molar-refractivity contribution in [3.63, 3.8) is 0 Å². The predicted octanol–water partition coefficient (Wildman–Crippen LogP) is 3.74. The van der Waals surface area contributed by atoms with Gasteiger partial charge in [-0.2, -0.15) is 0 Å². The number of hydrogen-bond donors (Lipinski definition) is 0. The monoisotopic (exact) mass is 221 g/mol. The Bertz CT molecular complexity index is 309. The molecule has 2 nitrogen and oxygen atoms in total. The lowest BCUT2D eigenvalue weighted by Crippen LogP contribution is -2.03. The van der Waals surface area contributed by atoms with Crippen LogP contribution in [-0.2, 0) is 4.74 Å². The van der Waals surface area contributed by atoms with Crippen LogP contribution in [0.2, 0.25) is 0 Å². The molecular formula is C14H23NO. The van der Waals surface area contributed by atoms with Crippen LogP contribution in [0.5, 0.6) is 0 Å². The molecule has 0 aromatic carbocycles. The van der Waals surface area contributed by atoms with Crippen molar-refractivity contribution in [2.75, 3.05) is 13.7 Å². The molecule has 0 radical (unpaired) electrons.